The van der Waals surface area contributed by atoms with Gasteiger partial charge in [0, 0.05) is 6.07 Å². The number of anilines is 1. The molecule has 0 atom stereocenters. The first kappa shape index (κ1) is 26.3. The van der Waals surface area contributed by atoms with Crippen molar-refractivity contribution in [3.63, 3.8) is 0 Å². The van der Waals surface area contributed by atoms with Gasteiger partial charge in [0.25, 0.3) is 11.1 Å². The van der Waals surface area contributed by atoms with E-state index in [0.717, 1.165) is 25.3 Å². The molecule has 0 aliphatic carbocycles. The highest BCUT2D eigenvalue weighted by Gasteiger charge is 2.25. The molecule has 0 unspecified atom stereocenters. The van der Waals surface area contributed by atoms with Crippen LogP contribution in [0.3, 0.4) is 0 Å². The van der Waals surface area contributed by atoms with Crippen LogP contribution in [0.1, 0.15) is 107 Å². The first-order chi connectivity index (χ1) is 15.0. The van der Waals surface area contributed by atoms with Crippen LogP contribution < -0.4 is 5.01 Å². The summed E-state index contributed by atoms with van der Waals surface area (Å²) >= 11 is 0. The summed E-state index contributed by atoms with van der Waals surface area (Å²) in [5, 5.41) is 33.9. The lowest BCUT2D eigenvalue weighted by atomic mass is 10.0. The summed E-state index contributed by atoms with van der Waals surface area (Å²) in [5.74, 6) is -1.39. The van der Waals surface area contributed by atoms with E-state index in [1.807, 2.05) is 0 Å². The number of diazo groups is 1. The lowest BCUT2D eigenvalue weighted by Gasteiger charge is -2.06. The van der Waals surface area contributed by atoms with Crippen molar-refractivity contribution in [2.24, 2.45) is 0 Å². The molecule has 0 saturated heterocycles. The molecule has 0 spiro atoms. The van der Waals surface area contributed by atoms with Gasteiger partial charge >= 0.3 is 11.1 Å². The first-order valence-electron chi connectivity index (χ1n) is 11.7. The molecule has 0 radical (unpaired) electrons. The van der Waals surface area contributed by atoms with Gasteiger partial charge in [-0.2, -0.15) is 0 Å². The van der Waals surface area contributed by atoms with Crippen molar-refractivity contribution in [3.05, 3.63) is 39.0 Å². The van der Waals surface area contributed by atoms with E-state index < -0.39 is 22.1 Å². The number of carbonyl (C=O) groups is 1. The molecule has 0 amide bonds. The molecule has 8 nitrogen and oxygen atoms in total. The Kier molecular flexibility index (Phi) is 13.6. The molecule has 172 valence electrons. The summed E-state index contributed by atoms with van der Waals surface area (Å²) in [6.07, 6.45) is 17.4. The Bertz CT molecular complexity index is 718. The molecular formula is C23H37N4O4+. The van der Waals surface area contributed by atoms with Gasteiger partial charge in [-0.05, 0) is 23.6 Å². The van der Waals surface area contributed by atoms with Crippen LogP contribution in [0, 0.1) is 15.5 Å². The average molecular weight is 434 g/mol. The van der Waals surface area contributed by atoms with E-state index in [0.29, 0.717) is 12.2 Å². The van der Waals surface area contributed by atoms with E-state index in [2.05, 4.69) is 12.0 Å². The second-order valence-corrected chi connectivity index (χ2v) is 8.07. The average Bonchev–Trinajstić information content (AvgIpc) is 2.76. The Balaban J connectivity index is 2.20. The van der Waals surface area contributed by atoms with Crippen molar-refractivity contribution >= 4 is 17.3 Å². The van der Waals surface area contributed by atoms with Gasteiger partial charge in [-0.25, -0.2) is 4.79 Å². The molecule has 1 rings (SSSR count). The minimum atomic E-state index is -1.39. The summed E-state index contributed by atoms with van der Waals surface area (Å²) in [6, 6.07) is 3.69. The van der Waals surface area contributed by atoms with E-state index in [1.54, 1.807) is 0 Å². The molecule has 0 heterocycles. The van der Waals surface area contributed by atoms with Crippen molar-refractivity contribution in [2.75, 3.05) is 11.6 Å². The van der Waals surface area contributed by atoms with Crippen LogP contribution >= 0.6 is 0 Å². The fourth-order valence-corrected chi connectivity index (χ4v) is 3.70. The summed E-state index contributed by atoms with van der Waals surface area (Å²) in [5.41, 5.74) is -0.581. The third-order valence-electron chi connectivity index (χ3n) is 5.54. The highest BCUT2D eigenvalue weighted by Crippen LogP contribution is 2.26. The Labute approximate surface area is 185 Å². The number of nitro benzene ring substituents is 1. The second kappa shape index (κ2) is 16.1. The maximum atomic E-state index is 11.3. The number of rotatable bonds is 18. The second-order valence-electron chi connectivity index (χ2n) is 8.07. The number of nitrogens with zero attached hydrogens (tertiary/aromatic N) is 4. The minimum Gasteiger partial charge on any atom is -0.477 e. The maximum absolute atomic E-state index is 11.3. The smallest absolute Gasteiger partial charge is 0.342 e. The number of carboxylic acid groups (broad SMARTS) is 1. The van der Waals surface area contributed by atoms with Gasteiger partial charge in [-0.1, -0.05) is 90.4 Å². The van der Waals surface area contributed by atoms with E-state index in [-0.39, 0.29) is 0 Å². The number of hydrogen-bond acceptors (Lipinski definition) is 5. The molecule has 0 aliphatic rings. The Morgan fingerprint density at radius 2 is 1.45 bits per heavy atom. The fourth-order valence-electron chi connectivity index (χ4n) is 3.70. The lowest BCUT2D eigenvalue weighted by molar-refractivity contribution is -0.385. The highest BCUT2D eigenvalue weighted by molar-refractivity contribution is 5.93. The lowest BCUT2D eigenvalue weighted by Crippen LogP contribution is -2.16. The quantitative estimate of drug-likeness (QED) is 0.112. The van der Waals surface area contributed by atoms with Gasteiger partial charge in [0.2, 0.25) is 0 Å². The molecule has 1 N–H and O–H groups in total. The number of unbranched alkanes of at least 4 members (excludes halogenated alkanes) is 13. The fraction of sp³-hybridized carbons (Fsp3) is 0.696. The van der Waals surface area contributed by atoms with E-state index in [1.165, 1.54) is 87.8 Å². The van der Waals surface area contributed by atoms with Crippen molar-refractivity contribution in [1.82, 2.24) is 0 Å². The highest BCUT2D eigenvalue weighted by atomic mass is 16.6. The SMILES string of the molecule is CCCCCCCCCCCCCCCCN([N+]#N)c1ccc([N+](=O)[O-])c(C(=O)O)c1. The largest absolute Gasteiger partial charge is 0.477 e. The molecule has 0 fully saturated rings. The zero-order valence-corrected chi connectivity index (χ0v) is 18.8. The Morgan fingerprint density at radius 3 is 1.87 bits per heavy atom. The number of carboxylic acids is 1. The van der Waals surface area contributed by atoms with E-state index in [4.69, 9.17) is 0 Å². The van der Waals surface area contributed by atoms with Gasteiger partial charge in [0.05, 0.1) is 11.5 Å². The van der Waals surface area contributed by atoms with Gasteiger partial charge in [-0.15, -0.1) is 0 Å². The van der Waals surface area contributed by atoms with Crippen molar-refractivity contribution in [2.45, 2.75) is 96.8 Å². The third kappa shape index (κ3) is 10.8. The van der Waals surface area contributed by atoms with Crippen LogP contribution in [-0.2, 0) is 0 Å². The topological polar surface area (TPSA) is 112 Å². The van der Waals surface area contributed by atoms with Gasteiger partial charge in [0.1, 0.15) is 11.3 Å². The Hall–Kier alpha value is -2.69. The summed E-state index contributed by atoms with van der Waals surface area (Å²) in [7, 11) is 0. The minimum absolute atomic E-state index is 0.320. The summed E-state index contributed by atoms with van der Waals surface area (Å²) in [6.45, 7) is 2.67. The van der Waals surface area contributed by atoms with E-state index >= 15 is 0 Å². The van der Waals surface area contributed by atoms with Crippen molar-refractivity contribution < 1.29 is 14.8 Å². The maximum Gasteiger partial charge on any atom is 0.342 e. The van der Waals surface area contributed by atoms with Crippen LogP contribution in [0.15, 0.2) is 18.2 Å². The van der Waals surface area contributed by atoms with Gasteiger partial charge in [0.15, 0.2) is 0 Å². The molecule has 0 saturated carbocycles. The molecule has 0 bridgehead atoms. The molecule has 0 aliphatic heterocycles. The van der Waals surface area contributed by atoms with Crippen molar-refractivity contribution in [1.29, 1.82) is 5.39 Å². The molecule has 0 aromatic heterocycles. The zero-order valence-electron chi connectivity index (χ0n) is 18.8. The standard InChI is InChI=1S/C23H36N4O4/c1-2-3-4-5-6-7-8-9-10-11-12-13-14-15-18-26(25-24)20-16-17-22(27(30)31)21(19-20)23(28)29/h16-17,19H,2-15,18H2,1H3/p+1. The molecule has 1 aromatic rings. The van der Waals surface area contributed by atoms with Crippen LogP contribution in [0.25, 0.3) is 5.08 Å². The molecule has 1 aromatic carbocycles. The summed E-state index contributed by atoms with van der Waals surface area (Å²) < 4.78 is 0. The number of benzene rings is 1. The van der Waals surface area contributed by atoms with Gasteiger partial charge < -0.3 is 5.11 Å². The monoisotopic (exact) mass is 433 g/mol. The zero-order chi connectivity index (χ0) is 22.9. The Morgan fingerprint density at radius 1 is 0.968 bits per heavy atom. The van der Waals surface area contributed by atoms with Crippen LogP contribution in [-0.4, -0.2) is 22.5 Å². The number of aromatic carboxylic acids is 1. The van der Waals surface area contributed by atoms with Crippen molar-refractivity contribution in [3.8, 4) is 0 Å². The number of nitro groups is 1. The predicted molar refractivity (Wildman–Crippen MR) is 123 cm³/mol. The predicted octanol–water partition coefficient (Wildman–Crippen LogP) is 7.35. The van der Waals surface area contributed by atoms with E-state index in [9.17, 15) is 25.4 Å². The molecule has 31 heavy (non-hydrogen) atoms. The summed E-state index contributed by atoms with van der Waals surface area (Å²) in [4.78, 5) is 21.5. The normalized spacial score (nSPS) is 10.6. The molecule has 8 heteroatoms. The van der Waals surface area contributed by atoms with Crippen LogP contribution in [0.4, 0.5) is 11.4 Å². The first-order valence-corrected chi connectivity index (χ1v) is 11.7. The van der Waals surface area contributed by atoms with Crippen LogP contribution in [0.2, 0.25) is 0 Å². The molecular weight excluding hydrogens is 396 g/mol. The number of hydrogen-bond donors (Lipinski definition) is 1. The van der Waals surface area contributed by atoms with Crippen LogP contribution in [0.5, 0.6) is 0 Å². The van der Waals surface area contributed by atoms with Gasteiger partial charge in [-0.3, -0.25) is 10.1 Å². The third-order valence-corrected chi connectivity index (χ3v) is 5.54.